The summed E-state index contributed by atoms with van der Waals surface area (Å²) in [6.07, 6.45) is 3.89. The molecule has 0 radical (unpaired) electrons. The van der Waals surface area contributed by atoms with Gasteiger partial charge in [-0.3, -0.25) is 4.90 Å². The second-order valence-electron chi connectivity index (χ2n) is 6.50. The van der Waals surface area contributed by atoms with Crippen molar-refractivity contribution in [2.75, 3.05) is 19.6 Å². The molecule has 1 unspecified atom stereocenters. The maximum atomic E-state index is 6.08. The van der Waals surface area contributed by atoms with Gasteiger partial charge in [-0.25, -0.2) is 0 Å². The minimum Gasteiger partial charge on any atom is -0.371 e. The predicted molar refractivity (Wildman–Crippen MR) is 73.2 cm³/mol. The fourth-order valence-corrected chi connectivity index (χ4v) is 2.49. The molecule has 0 aliphatic carbocycles. The smallest absolute Gasteiger partial charge is 0.0710 e. The Labute approximate surface area is 107 Å². The van der Waals surface area contributed by atoms with Crippen molar-refractivity contribution in [3.8, 4) is 0 Å². The molecule has 0 saturated carbocycles. The average Bonchev–Trinajstić information content (AvgIpc) is 2.57. The van der Waals surface area contributed by atoms with E-state index in [2.05, 4.69) is 39.5 Å². The van der Waals surface area contributed by atoms with Gasteiger partial charge >= 0.3 is 0 Å². The zero-order valence-electron chi connectivity index (χ0n) is 12.3. The molecule has 0 aromatic carbocycles. The summed E-state index contributed by atoms with van der Waals surface area (Å²) in [6, 6.07) is 0. The second-order valence-corrected chi connectivity index (χ2v) is 6.50. The van der Waals surface area contributed by atoms with Crippen molar-refractivity contribution in [2.45, 2.75) is 71.1 Å². The summed E-state index contributed by atoms with van der Waals surface area (Å²) in [5, 5.41) is 0. The van der Waals surface area contributed by atoms with E-state index in [0.717, 1.165) is 13.1 Å². The molecule has 1 atom stereocenters. The molecule has 1 saturated heterocycles. The van der Waals surface area contributed by atoms with Crippen LogP contribution in [0.2, 0.25) is 0 Å². The fraction of sp³-hybridized carbons (Fsp3) is 1.00. The Morgan fingerprint density at radius 1 is 1.41 bits per heavy atom. The molecule has 2 N–H and O–H groups in total. The standard InChI is InChI=1S/C14H30N2O/c1-6-9-16(13(2,3)11-15)10-12-7-8-14(4,5)17-12/h12H,6-11,15H2,1-5H3. The highest BCUT2D eigenvalue weighted by Crippen LogP contribution is 2.30. The van der Waals surface area contributed by atoms with Crippen molar-refractivity contribution >= 4 is 0 Å². The van der Waals surface area contributed by atoms with Gasteiger partial charge in [-0.2, -0.15) is 0 Å². The zero-order valence-corrected chi connectivity index (χ0v) is 12.3. The van der Waals surface area contributed by atoms with E-state index in [0.29, 0.717) is 12.6 Å². The van der Waals surface area contributed by atoms with Crippen molar-refractivity contribution in [3.05, 3.63) is 0 Å². The summed E-state index contributed by atoms with van der Waals surface area (Å²) in [6.45, 7) is 13.9. The van der Waals surface area contributed by atoms with Crippen molar-refractivity contribution < 1.29 is 4.74 Å². The first-order valence-corrected chi connectivity index (χ1v) is 6.93. The Hall–Kier alpha value is -0.120. The summed E-state index contributed by atoms with van der Waals surface area (Å²) >= 11 is 0. The third-order valence-electron chi connectivity index (χ3n) is 3.83. The van der Waals surface area contributed by atoms with Gasteiger partial charge < -0.3 is 10.5 Å². The number of hydrogen-bond acceptors (Lipinski definition) is 3. The van der Waals surface area contributed by atoms with Crippen molar-refractivity contribution in [1.82, 2.24) is 4.90 Å². The Morgan fingerprint density at radius 2 is 2.06 bits per heavy atom. The lowest BCUT2D eigenvalue weighted by Crippen LogP contribution is -2.52. The molecule has 0 amide bonds. The summed E-state index contributed by atoms with van der Waals surface area (Å²) < 4.78 is 6.08. The number of hydrogen-bond donors (Lipinski definition) is 1. The van der Waals surface area contributed by atoms with E-state index in [4.69, 9.17) is 10.5 Å². The molecule has 0 spiro atoms. The molecule has 3 heteroatoms. The number of nitrogens with zero attached hydrogens (tertiary/aromatic N) is 1. The quantitative estimate of drug-likeness (QED) is 0.777. The van der Waals surface area contributed by atoms with Crippen LogP contribution in [0.15, 0.2) is 0 Å². The molecule has 17 heavy (non-hydrogen) atoms. The Bertz CT molecular complexity index is 238. The van der Waals surface area contributed by atoms with Gasteiger partial charge in [-0.05, 0) is 53.5 Å². The van der Waals surface area contributed by atoms with Crippen molar-refractivity contribution in [2.24, 2.45) is 5.73 Å². The highest BCUT2D eigenvalue weighted by atomic mass is 16.5. The highest BCUT2D eigenvalue weighted by molar-refractivity contribution is 4.88. The summed E-state index contributed by atoms with van der Waals surface area (Å²) in [5.74, 6) is 0. The molecule has 1 fully saturated rings. The maximum Gasteiger partial charge on any atom is 0.0710 e. The van der Waals surface area contributed by atoms with Gasteiger partial charge in [-0.15, -0.1) is 0 Å². The molecular weight excluding hydrogens is 212 g/mol. The van der Waals surface area contributed by atoms with E-state index in [1.54, 1.807) is 0 Å². The van der Waals surface area contributed by atoms with Crippen LogP contribution in [0.1, 0.15) is 53.9 Å². The third kappa shape index (κ3) is 4.23. The lowest BCUT2D eigenvalue weighted by atomic mass is 10.0. The van der Waals surface area contributed by atoms with E-state index in [1.165, 1.54) is 19.3 Å². The lowest BCUT2D eigenvalue weighted by Gasteiger charge is -2.39. The van der Waals surface area contributed by atoms with Crippen LogP contribution in [-0.2, 0) is 4.74 Å². The van der Waals surface area contributed by atoms with Crippen molar-refractivity contribution in [3.63, 3.8) is 0 Å². The molecule has 102 valence electrons. The molecule has 1 aliphatic rings. The fourth-order valence-electron chi connectivity index (χ4n) is 2.49. The minimum atomic E-state index is 0.0649. The summed E-state index contributed by atoms with van der Waals surface area (Å²) in [5.41, 5.74) is 6.02. The summed E-state index contributed by atoms with van der Waals surface area (Å²) in [7, 11) is 0. The Kier molecular flexibility index (Phi) is 4.99. The molecule has 0 aromatic heterocycles. The highest BCUT2D eigenvalue weighted by Gasteiger charge is 2.35. The monoisotopic (exact) mass is 242 g/mol. The van der Waals surface area contributed by atoms with Gasteiger partial charge in [0.05, 0.1) is 11.7 Å². The van der Waals surface area contributed by atoms with E-state index in [9.17, 15) is 0 Å². The Morgan fingerprint density at radius 3 is 2.47 bits per heavy atom. The van der Waals surface area contributed by atoms with E-state index < -0.39 is 0 Å². The first-order chi connectivity index (χ1) is 7.80. The SMILES string of the molecule is CCCN(CC1CCC(C)(C)O1)C(C)(C)CN. The van der Waals surface area contributed by atoms with Crippen LogP contribution in [-0.4, -0.2) is 41.8 Å². The number of rotatable bonds is 6. The Balaban J connectivity index is 2.56. The summed E-state index contributed by atoms with van der Waals surface area (Å²) in [4.78, 5) is 2.49. The molecule has 0 aromatic rings. The van der Waals surface area contributed by atoms with Crippen molar-refractivity contribution in [1.29, 1.82) is 0 Å². The molecule has 1 aliphatic heterocycles. The molecule has 3 nitrogen and oxygen atoms in total. The number of nitrogens with two attached hydrogens (primary N) is 1. The maximum absolute atomic E-state index is 6.08. The van der Waals surface area contributed by atoms with Gasteiger partial charge in [-0.1, -0.05) is 6.92 Å². The molecular formula is C14H30N2O. The normalized spacial score (nSPS) is 24.5. The predicted octanol–water partition coefficient (Wildman–Crippen LogP) is 2.39. The van der Waals surface area contributed by atoms with Gasteiger partial charge in [0.25, 0.3) is 0 Å². The van der Waals surface area contributed by atoms with Crippen LogP contribution >= 0.6 is 0 Å². The third-order valence-corrected chi connectivity index (χ3v) is 3.83. The van der Waals surface area contributed by atoms with Gasteiger partial charge in [0.2, 0.25) is 0 Å². The van der Waals surface area contributed by atoms with Crippen LogP contribution < -0.4 is 5.73 Å². The van der Waals surface area contributed by atoms with Crippen LogP contribution in [0.25, 0.3) is 0 Å². The van der Waals surface area contributed by atoms with Gasteiger partial charge in [0, 0.05) is 18.6 Å². The molecule has 1 rings (SSSR count). The largest absolute Gasteiger partial charge is 0.371 e. The first kappa shape index (κ1) is 14.9. The lowest BCUT2D eigenvalue weighted by molar-refractivity contribution is -0.0409. The van der Waals surface area contributed by atoms with Crippen LogP contribution in [0.5, 0.6) is 0 Å². The topological polar surface area (TPSA) is 38.5 Å². The second kappa shape index (κ2) is 5.68. The first-order valence-electron chi connectivity index (χ1n) is 6.93. The van der Waals surface area contributed by atoms with Crippen LogP contribution in [0.3, 0.4) is 0 Å². The van der Waals surface area contributed by atoms with Crippen LogP contribution in [0, 0.1) is 0 Å². The van der Waals surface area contributed by atoms with Gasteiger partial charge in [0.15, 0.2) is 0 Å². The average molecular weight is 242 g/mol. The molecule has 0 bridgehead atoms. The minimum absolute atomic E-state index is 0.0649. The van der Waals surface area contributed by atoms with E-state index in [-0.39, 0.29) is 11.1 Å². The molecule has 1 heterocycles. The zero-order chi connectivity index (χ0) is 13.1. The van der Waals surface area contributed by atoms with E-state index >= 15 is 0 Å². The number of ether oxygens (including phenoxy) is 1. The van der Waals surface area contributed by atoms with E-state index in [1.807, 2.05) is 0 Å². The van der Waals surface area contributed by atoms with Gasteiger partial charge in [0.1, 0.15) is 0 Å². The van der Waals surface area contributed by atoms with Crippen LogP contribution in [0.4, 0.5) is 0 Å².